The highest BCUT2D eigenvalue weighted by Gasteiger charge is 2.23. The lowest BCUT2D eigenvalue weighted by molar-refractivity contribution is 0.00990. The Morgan fingerprint density at radius 2 is 1.78 bits per heavy atom. The van der Waals surface area contributed by atoms with Crippen molar-refractivity contribution in [2.45, 2.75) is 52.1 Å². The number of ether oxygens (including phenoxy) is 2. The molecule has 2 rings (SSSR count). The van der Waals surface area contributed by atoms with E-state index in [0.717, 1.165) is 69.9 Å². The molecule has 0 bridgehead atoms. The summed E-state index contributed by atoms with van der Waals surface area (Å²) in [7, 11) is 3.63. The molecule has 0 amide bonds. The van der Waals surface area contributed by atoms with E-state index in [1.165, 1.54) is 32.5 Å². The minimum absolute atomic E-state index is 0.388. The lowest BCUT2D eigenvalue weighted by Crippen LogP contribution is -2.47. The molecule has 2 saturated heterocycles. The Labute approximate surface area is 166 Å². The van der Waals surface area contributed by atoms with Crippen LogP contribution in [0.1, 0.15) is 46.0 Å². The van der Waals surface area contributed by atoms with Gasteiger partial charge in [0.05, 0.1) is 6.10 Å². The monoisotopic (exact) mass is 382 g/mol. The summed E-state index contributed by atoms with van der Waals surface area (Å²) >= 11 is 0. The summed E-state index contributed by atoms with van der Waals surface area (Å²) in [5, 5.41) is 3.57. The highest BCUT2D eigenvalue weighted by molar-refractivity contribution is 5.79. The van der Waals surface area contributed by atoms with E-state index in [0.29, 0.717) is 6.10 Å². The number of rotatable bonds is 9. The van der Waals surface area contributed by atoms with Crippen molar-refractivity contribution in [3.8, 4) is 0 Å². The summed E-state index contributed by atoms with van der Waals surface area (Å²) in [5.41, 5.74) is 0. The molecule has 2 aliphatic heterocycles. The Kier molecular flexibility index (Phi) is 10.5. The average molecular weight is 383 g/mol. The Balaban J connectivity index is 1.59. The van der Waals surface area contributed by atoms with Gasteiger partial charge in [0.15, 0.2) is 5.96 Å². The average Bonchev–Trinajstić information content (AvgIpc) is 2.65. The number of nitrogens with one attached hydrogen (secondary N) is 1. The Bertz CT molecular complexity index is 414. The molecule has 2 aliphatic rings. The van der Waals surface area contributed by atoms with Gasteiger partial charge in [0.2, 0.25) is 0 Å². The molecular formula is C21H42N4O2. The number of aliphatic imine (C=N–C) groups is 1. The fraction of sp³-hybridized carbons (Fsp3) is 0.952. The first kappa shape index (κ1) is 22.4. The Morgan fingerprint density at radius 1 is 1.07 bits per heavy atom. The summed E-state index contributed by atoms with van der Waals surface area (Å²) in [4.78, 5) is 9.50. The molecule has 2 fully saturated rings. The molecule has 2 heterocycles. The molecule has 0 aliphatic carbocycles. The predicted molar refractivity (Wildman–Crippen MR) is 112 cm³/mol. The molecule has 158 valence electrons. The topological polar surface area (TPSA) is 49.3 Å². The maximum absolute atomic E-state index is 5.96. The number of hydrogen-bond acceptors (Lipinski definition) is 4. The van der Waals surface area contributed by atoms with Gasteiger partial charge in [0, 0.05) is 60.1 Å². The molecule has 6 heteroatoms. The van der Waals surface area contributed by atoms with Crippen LogP contribution in [-0.2, 0) is 9.47 Å². The van der Waals surface area contributed by atoms with Crippen LogP contribution in [0.5, 0.6) is 0 Å². The lowest BCUT2D eigenvalue weighted by Gasteiger charge is -2.35. The molecule has 1 N–H and O–H groups in total. The zero-order chi connectivity index (χ0) is 19.5. The van der Waals surface area contributed by atoms with E-state index >= 15 is 0 Å². The third-order valence-electron chi connectivity index (χ3n) is 5.68. The fourth-order valence-electron chi connectivity index (χ4n) is 4.50. The third-order valence-corrected chi connectivity index (χ3v) is 5.68. The normalized spacial score (nSPS) is 25.8. The fourth-order valence-corrected chi connectivity index (χ4v) is 4.50. The van der Waals surface area contributed by atoms with E-state index in [1.54, 1.807) is 7.11 Å². The van der Waals surface area contributed by atoms with E-state index in [-0.39, 0.29) is 0 Å². The van der Waals surface area contributed by atoms with E-state index in [9.17, 15) is 0 Å². The largest absolute Gasteiger partial charge is 0.385 e. The second kappa shape index (κ2) is 12.6. The van der Waals surface area contributed by atoms with Crippen molar-refractivity contribution >= 4 is 5.96 Å². The van der Waals surface area contributed by atoms with Crippen molar-refractivity contribution < 1.29 is 9.47 Å². The van der Waals surface area contributed by atoms with Crippen molar-refractivity contribution in [3.63, 3.8) is 0 Å². The molecule has 27 heavy (non-hydrogen) atoms. The van der Waals surface area contributed by atoms with Crippen LogP contribution in [0.25, 0.3) is 0 Å². The lowest BCUT2D eigenvalue weighted by atomic mass is 9.92. The number of nitrogens with zero attached hydrogens (tertiary/aromatic N) is 3. The molecule has 6 nitrogen and oxygen atoms in total. The molecular weight excluding hydrogens is 340 g/mol. The molecule has 0 aromatic heterocycles. The zero-order valence-corrected chi connectivity index (χ0v) is 18.1. The highest BCUT2D eigenvalue weighted by atomic mass is 16.5. The summed E-state index contributed by atoms with van der Waals surface area (Å²) < 4.78 is 11.0. The van der Waals surface area contributed by atoms with Crippen molar-refractivity contribution in [3.05, 3.63) is 0 Å². The van der Waals surface area contributed by atoms with Crippen LogP contribution >= 0.6 is 0 Å². The summed E-state index contributed by atoms with van der Waals surface area (Å²) in [6, 6.07) is 0. The van der Waals surface area contributed by atoms with Crippen LogP contribution in [0.4, 0.5) is 0 Å². The van der Waals surface area contributed by atoms with Crippen LogP contribution in [0.15, 0.2) is 4.99 Å². The highest BCUT2D eigenvalue weighted by Crippen LogP contribution is 2.20. The van der Waals surface area contributed by atoms with Crippen molar-refractivity contribution in [2.75, 3.05) is 66.6 Å². The second-order valence-corrected chi connectivity index (χ2v) is 8.44. The summed E-state index contributed by atoms with van der Waals surface area (Å²) in [5.74, 6) is 2.73. The van der Waals surface area contributed by atoms with Crippen LogP contribution in [0.2, 0.25) is 0 Å². The minimum Gasteiger partial charge on any atom is -0.385 e. The van der Waals surface area contributed by atoms with Gasteiger partial charge in [0.1, 0.15) is 0 Å². The van der Waals surface area contributed by atoms with Gasteiger partial charge < -0.3 is 24.6 Å². The number of likely N-dealkylation sites (tertiary alicyclic amines) is 2. The maximum Gasteiger partial charge on any atom is 0.193 e. The smallest absolute Gasteiger partial charge is 0.193 e. The maximum atomic E-state index is 5.96. The number of guanidine groups is 1. The summed E-state index contributed by atoms with van der Waals surface area (Å²) in [6.07, 6.45) is 6.09. The summed E-state index contributed by atoms with van der Waals surface area (Å²) in [6.45, 7) is 13.1. The molecule has 0 radical (unpaired) electrons. The van der Waals surface area contributed by atoms with Crippen LogP contribution in [0, 0.1) is 11.8 Å². The van der Waals surface area contributed by atoms with Gasteiger partial charge in [-0.2, -0.15) is 0 Å². The van der Waals surface area contributed by atoms with E-state index in [1.807, 2.05) is 7.05 Å². The van der Waals surface area contributed by atoms with Gasteiger partial charge in [-0.15, -0.1) is 0 Å². The Hall–Kier alpha value is -0.850. The molecule has 0 saturated carbocycles. The number of piperidine rings is 2. The van der Waals surface area contributed by atoms with Gasteiger partial charge in [-0.1, -0.05) is 13.8 Å². The van der Waals surface area contributed by atoms with Gasteiger partial charge in [-0.25, -0.2) is 0 Å². The van der Waals surface area contributed by atoms with Crippen LogP contribution in [-0.4, -0.2) is 88.5 Å². The molecule has 0 aromatic carbocycles. The molecule has 0 aromatic rings. The Morgan fingerprint density at radius 3 is 2.41 bits per heavy atom. The van der Waals surface area contributed by atoms with E-state index in [2.05, 4.69) is 34.0 Å². The standard InChI is InChI=1S/C21H42N4O2/c1-18-15-19(2)17-24(16-18)10-5-9-23-21(22-3)25-11-7-20(8-12-25)27-14-6-13-26-4/h18-20H,5-17H2,1-4H3,(H,22,23). The van der Waals surface area contributed by atoms with Crippen molar-refractivity contribution in [1.82, 2.24) is 15.1 Å². The van der Waals surface area contributed by atoms with Gasteiger partial charge in [-0.05, 0) is 50.5 Å². The van der Waals surface area contributed by atoms with Crippen LogP contribution in [0.3, 0.4) is 0 Å². The van der Waals surface area contributed by atoms with Gasteiger partial charge in [0.25, 0.3) is 0 Å². The first-order valence-electron chi connectivity index (χ1n) is 10.9. The predicted octanol–water partition coefficient (Wildman–Crippen LogP) is 2.45. The number of hydrogen-bond donors (Lipinski definition) is 1. The van der Waals surface area contributed by atoms with Crippen LogP contribution < -0.4 is 5.32 Å². The van der Waals surface area contributed by atoms with E-state index in [4.69, 9.17) is 9.47 Å². The first-order valence-corrected chi connectivity index (χ1v) is 10.9. The molecule has 2 unspecified atom stereocenters. The molecule has 2 atom stereocenters. The van der Waals surface area contributed by atoms with Crippen molar-refractivity contribution in [1.29, 1.82) is 0 Å². The quantitative estimate of drug-likeness (QED) is 0.377. The second-order valence-electron chi connectivity index (χ2n) is 8.44. The van der Waals surface area contributed by atoms with Crippen molar-refractivity contribution in [2.24, 2.45) is 16.8 Å². The zero-order valence-electron chi connectivity index (χ0n) is 18.1. The first-order chi connectivity index (χ1) is 13.1. The molecule has 0 spiro atoms. The van der Waals surface area contributed by atoms with E-state index < -0.39 is 0 Å². The van der Waals surface area contributed by atoms with Gasteiger partial charge >= 0.3 is 0 Å². The third kappa shape index (κ3) is 8.36. The number of methoxy groups -OCH3 is 1. The SMILES string of the molecule is CN=C(NCCCN1CC(C)CC(C)C1)N1CCC(OCCCOC)CC1. The van der Waals surface area contributed by atoms with Gasteiger partial charge in [-0.3, -0.25) is 4.99 Å². The minimum atomic E-state index is 0.388.